The second-order valence-corrected chi connectivity index (χ2v) is 3.47. The number of rotatable bonds is 2. The summed E-state index contributed by atoms with van der Waals surface area (Å²) in [6.45, 7) is 3.50. The molecule has 70 valence electrons. The van der Waals surface area contributed by atoms with Crippen LogP contribution in [0.2, 0.25) is 0 Å². The molecule has 1 amide bonds. The van der Waals surface area contributed by atoms with Crippen molar-refractivity contribution in [2.75, 3.05) is 19.7 Å². The van der Waals surface area contributed by atoms with E-state index in [1.54, 1.807) is 6.92 Å². The van der Waals surface area contributed by atoms with Crippen molar-refractivity contribution in [1.82, 2.24) is 4.90 Å². The number of hydrogen-bond donors (Lipinski definition) is 1. The fourth-order valence-electron chi connectivity index (χ4n) is 1.50. The molecule has 0 spiro atoms. The third-order valence-corrected chi connectivity index (χ3v) is 2.36. The van der Waals surface area contributed by atoms with Gasteiger partial charge in [0.2, 0.25) is 5.91 Å². The average Bonchev–Trinajstić information content (AvgIpc) is 2.17. The van der Waals surface area contributed by atoms with Crippen molar-refractivity contribution in [2.24, 2.45) is 5.92 Å². The second-order valence-electron chi connectivity index (χ2n) is 3.47. The third kappa shape index (κ3) is 2.21. The van der Waals surface area contributed by atoms with Crippen molar-refractivity contribution in [3.8, 4) is 0 Å². The Bertz CT molecular complexity index is 153. The molecule has 3 heteroatoms. The summed E-state index contributed by atoms with van der Waals surface area (Å²) < 4.78 is 0. The highest BCUT2D eigenvalue weighted by molar-refractivity contribution is 5.78. The molecule has 1 aliphatic heterocycles. The molecule has 1 heterocycles. The number of amides is 1. The molecule has 1 saturated heterocycles. The first-order chi connectivity index (χ1) is 5.75. The zero-order valence-electron chi connectivity index (χ0n) is 7.62. The predicted molar refractivity (Wildman–Crippen MR) is 46.7 cm³/mol. The number of hydrogen-bond acceptors (Lipinski definition) is 2. The Labute approximate surface area is 73.4 Å². The molecule has 1 fully saturated rings. The summed E-state index contributed by atoms with van der Waals surface area (Å²) in [5.74, 6) is -0.111. The van der Waals surface area contributed by atoms with E-state index in [1.165, 1.54) is 6.42 Å². The van der Waals surface area contributed by atoms with E-state index in [4.69, 9.17) is 5.11 Å². The molecule has 1 atom stereocenters. The molecular weight excluding hydrogens is 154 g/mol. The maximum absolute atomic E-state index is 11.5. The molecule has 0 saturated carbocycles. The molecule has 0 aromatic rings. The van der Waals surface area contributed by atoms with Crippen molar-refractivity contribution in [2.45, 2.75) is 26.2 Å². The smallest absolute Gasteiger partial charge is 0.227 e. The normalized spacial score (nSPS) is 20.7. The summed E-state index contributed by atoms with van der Waals surface area (Å²) in [4.78, 5) is 13.4. The van der Waals surface area contributed by atoms with Gasteiger partial charge in [-0.25, -0.2) is 0 Å². The van der Waals surface area contributed by atoms with Gasteiger partial charge in [0.15, 0.2) is 0 Å². The number of carbonyl (C=O) groups excluding carboxylic acids is 1. The number of aliphatic hydroxyl groups is 1. The zero-order chi connectivity index (χ0) is 8.97. The van der Waals surface area contributed by atoms with Crippen LogP contribution in [0, 0.1) is 5.92 Å². The van der Waals surface area contributed by atoms with Crippen molar-refractivity contribution < 1.29 is 9.90 Å². The molecule has 0 aromatic heterocycles. The summed E-state index contributed by atoms with van der Waals surface area (Å²) >= 11 is 0. The molecule has 0 bridgehead atoms. The first-order valence-electron chi connectivity index (χ1n) is 4.65. The van der Waals surface area contributed by atoms with Gasteiger partial charge < -0.3 is 10.0 Å². The van der Waals surface area contributed by atoms with Crippen molar-refractivity contribution >= 4 is 5.91 Å². The molecule has 1 rings (SSSR count). The summed E-state index contributed by atoms with van der Waals surface area (Å²) in [7, 11) is 0. The monoisotopic (exact) mass is 171 g/mol. The van der Waals surface area contributed by atoms with E-state index in [1.807, 2.05) is 4.90 Å². The Balaban J connectivity index is 2.39. The Morgan fingerprint density at radius 1 is 1.42 bits per heavy atom. The van der Waals surface area contributed by atoms with Gasteiger partial charge in [-0.15, -0.1) is 0 Å². The fraction of sp³-hybridized carbons (Fsp3) is 0.889. The Kier molecular flexibility index (Phi) is 3.53. The van der Waals surface area contributed by atoms with Crippen molar-refractivity contribution in [3.63, 3.8) is 0 Å². The minimum Gasteiger partial charge on any atom is -0.396 e. The Hall–Kier alpha value is -0.570. The van der Waals surface area contributed by atoms with Crippen LogP contribution in [-0.4, -0.2) is 35.6 Å². The second kappa shape index (κ2) is 4.45. The number of carbonyl (C=O) groups is 1. The quantitative estimate of drug-likeness (QED) is 0.662. The van der Waals surface area contributed by atoms with Crippen LogP contribution >= 0.6 is 0 Å². The van der Waals surface area contributed by atoms with Gasteiger partial charge in [0.1, 0.15) is 0 Å². The summed E-state index contributed by atoms with van der Waals surface area (Å²) in [5.41, 5.74) is 0. The lowest BCUT2D eigenvalue weighted by Crippen LogP contribution is -2.39. The van der Waals surface area contributed by atoms with Gasteiger partial charge >= 0.3 is 0 Å². The van der Waals surface area contributed by atoms with Gasteiger partial charge in [-0.05, 0) is 19.3 Å². The number of piperidine rings is 1. The first-order valence-corrected chi connectivity index (χ1v) is 4.65. The van der Waals surface area contributed by atoms with Gasteiger partial charge in [-0.3, -0.25) is 4.79 Å². The highest BCUT2D eigenvalue weighted by atomic mass is 16.3. The lowest BCUT2D eigenvalue weighted by molar-refractivity contribution is -0.137. The van der Waals surface area contributed by atoms with E-state index in [-0.39, 0.29) is 18.4 Å². The molecular formula is C9H17NO2. The number of nitrogens with zero attached hydrogens (tertiary/aromatic N) is 1. The number of likely N-dealkylation sites (tertiary alicyclic amines) is 1. The van der Waals surface area contributed by atoms with Crippen LogP contribution in [0.4, 0.5) is 0 Å². The van der Waals surface area contributed by atoms with Gasteiger partial charge in [0.25, 0.3) is 0 Å². The van der Waals surface area contributed by atoms with Crippen LogP contribution in [0.25, 0.3) is 0 Å². The van der Waals surface area contributed by atoms with E-state index in [0.717, 1.165) is 25.9 Å². The van der Waals surface area contributed by atoms with Crippen LogP contribution in [0.3, 0.4) is 0 Å². The highest BCUT2D eigenvalue weighted by Gasteiger charge is 2.20. The molecule has 0 aromatic carbocycles. The Morgan fingerprint density at radius 3 is 2.50 bits per heavy atom. The molecule has 0 unspecified atom stereocenters. The molecule has 0 radical (unpaired) electrons. The van der Waals surface area contributed by atoms with Gasteiger partial charge in [-0.1, -0.05) is 6.92 Å². The van der Waals surface area contributed by atoms with Crippen LogP contribution in [0.1, 0.15) is 26.2 Å². The Morgan fingerprint density at radius 2 is 2.00 bits per heavy atom. The molecule has 12 heavy (non-hydrogen) atoms. The molecule has 1 N–H and O–H groups in total. The summed E-state index contributed by atoms with van der Waals surface area (Å²) in [5, 5.41) is 8.79. The van der Waals surface area contributed by atoms with Crippen LogP contribution in [0.5, 0.6) is 0 Å². The lowest BCUT2D eigenvalue weighted by atomic mass is 10.1. The minimum atomic E-state index is -0.219. The third-order valence-electron chi connectivity index (χ3n) is 2.36. The fourth-order valence-corrected chi connectivity index (χ4v) is 1.50. The minimum absolute atomic E-state index is 0.0324. The molecule has 1 aliphatic rings. The van der Waals surface area contributed by atoms with Crippen molar-refractivity contribution in [1.29, 1.82) is 0 Å². The predicted octanol–water partition coefficient (Wildman–Crippen LogP) is 0.627. The van der Waals surface area contributed by atoms with Crippen molar-refractivity contribution in [3.05, 3.63) is 0 Å². The molecule has 0 aliphatic carbocycles. The zero-order valence-corrected chi connectivity index (χ0v) is 7.62. The van der Waals surface area contributed by atoms with Gasteiger partial charge in [-0.2, -0.15) is 0 Å². The van der Waals surface area contributed by atoms with Gasteiger partial charge in [0.05, 0.1) is 12.5 Å². The lowest BCUT2D eigenvalue weighted by Gasteiger charge is -2.28. The average molecular weight is 171 g/mol. The van der Waals surface area contributed by atoms with E-state index >= 15 is 0 Å². The maximum Gasteiger partial charge on any atom is 0.227 e. The van der Waals surface area contributed by atoms with E-state index in [9.17, 15) is 4.79 Å². The first kappa shape index (κ1) is 9.52. The van der Waals surface area contributed by atoms with Crippen LogP contribution in [-0.2, 0) is 4.79 Å². The largest absolute Gasteiger partial charge is 0.396 e. The van der Waals surface area contributed by atoms with Crippen LogP contribution in [0.15, 0.2) is 0 Å². The number of aliphatic hydroxyl groups excluding tert-OH is 1. The SMILES string of the molecule is C[C@H](CO)C(=O)N1CCCCC1. The van der Waals surface area contributed by atoms with Crippen LogP contribution < -0.4 is 0 Å². The standard InChI is InChI=1S/C9H17NO2/c1-8(7-11)9(12)10-5-3-2-4-6-10/h8,11H,2-7H2,1H3/t8-/m1/s1. The van der Waals surface area contributed by atoms with Gasteiger partial charge in [0, 0.05) is 13.1 Å². The van der Waals surface area contributed by atoms with E-state index in [2.05, 4.69) is 0 Å². The molecule has 3 nitrogen and oxygen atoms in total. The topological polar surface area (TPSA) is 40.5 Å². The highest BCUT2D eigenvalue weighted by Crippen LogP contribution is 2.11. The summed E-state index contributed by atoms with van der Waals surface area (Å²) in [6.07, 6.45) is 3.46. The van der Waals surface area contributed by atoms with E-state index < -0.39 is 0 Å². The summed E-state index contributed by atoms with van der Waals surface area (Å²) in [6, 6.07) is 0. The maximum atomic E-state index is 11.5. The van der Waals surface area contributed by atoms with E-state index in [0.29, 0.717) is 0 Å².